The van der Waals surface area contributed by atoms with E-state index in [1.165, 1.54) is 4.90 Å². The molecule has 2 aromatic rings. The number of methoxy groups -OCH3 is 1. The fourth-order valence-electron chi connectivity index (χ4n) is 2.80. The first-order chi connectivity index (χ1) is 12.4. The molecule has 0 spiro atoms. The van der Waals surface area contributed by atoms with E-state index in [4.69, 9.17) is 27.9 Å². The SMILES string of the molecule is CCC(C(=O)C(=O)N(C)Cc1ccccc1OC)c1ccc(Cl)c(Cl)c1. The van der Waals surface area contributed by atoms with Crippen molar-refractivity contribution in [3.8, 4) is 5.75 Å². The summed E-state index contributed by atoms with van der Waals surface area (Å²) in [6, 6.07) is 12.4. The Morgan fingerprint density at radius 1 is 1.12 bits per heavy atom. The average Bonchev–Trinajstić information content (AvgIpc) is 2.64. The van der Waals surface area contributed by atoms with E-state index in [1.807, 2.05) is 31.2 Å². The number of halogens is 2. The molecule has 0 aliphatic carbocycles. The van der Waals surface area contributed by atoms with Crippen LogP contribution in [0.4, 0.5) is 0 Å². The van der Waals surface area contributed by atoms with Crippen LogP contribution in [0.2, 0.25) is 10.0 Å². The van der Waals surface area contributed by atoms with Gasteiger partial charge in [0, 0.05) is 19.2 Å². The predicted octanol–water partition coefficient (Wildman–Crippen LogP) is 4.72. The molecule has 0 saturated carbocycles. The summed E-state index contributed by atoms with van der Waals surface area (Å²) in [6.45, 7) is 2.14. The third-order valence-corrected chi connectivity index (χ3v) is 4.97. The molecule has 0 radical (unpaired) electrons. The van der Waals surface area contributed by atoms with Crippen molar-refractivity contribution >= 4 is 34.9 Å². The molecule has 0 heterocycles. The molecule has 0 aromatic heterocycles. The van der Waals surface area contributed by atoms with Crippen LogP contribution < -0.4 is 4.74 Å². The van der Waals surface area contributed by atoms with Gasteiger partial charge in [0.2, 0.25) is 5.78 Å². The van der Waals surface area contributed by atoms with E-state index in [9.17, 15) is 9.59 Å². The molecule has 2 rings (SSSR count). The number of benzene rings is 2. The summed E-state index contributed by atoms with van der Waals surface area (Å²) in [6.07, 6.45) is 0.491. The number of carbonyl (C=O) groups excluding carboxylic acids is 2. The molecular formula is C20H21Cl2NO3. The molecule has 26 heavy (non-hydrogen) atoms. The van der Waals surface area contributed by atoms with E-state index in [0.717, 1.165) is 5.56 Å². The quantitative estimate of drug-likeness (QED) is 0.639. The van der Waals surface area contributed by atoms with Crippen molar-refractivity contribution in [2.24, 2.45) is 0 Å². The van der Waals surface area contributed by atoms with E-state index in [-0.39, 0.29) is 6.54 Å². The highest BCUT2D eigenvalue weighted by molar-refractivity contribution is 6.42. The lowest BCUT2D eigenvalue weighted by molar-refractivity contribution is -0.145. The van der Waals surface area contributed by atoms with Gasteiger partial charge >= 0.3 is 0 Å². The van der Waals surface area contributed by atoms with Gasteiger partial charge in [-0.3, -0.25) is 9.59 Å². The number of rotatable bonds is 7. The largest absolute Gasteiger partial charge is 0.496 e. The van der Waals surface area contributed by atoms with Gasteiger partial charge in [0.25, 0.3) is 5.91 Å². The molecule has 0 saturated heterocycles. The molecule has 6 heteroatoms. The number of nitrogens with zero attached hydrogens (tertiary/aromatic N) is 1. The molecule has 0 N–H and O–H groups in total. The van der Waals surface area contributed by atoms with Gasteiger partial charge in [-0.1, -0.05) is 54.4 Å². The number of likely N-dealkylation sites (N-methyl/N-ethyl adjacent to an activating group) is 1. The third kappa shape index (κ3) is 4.57. The molecule has 0 bridgehead atoms. The monoisotopic (exact) mass is 393 g/mol. The number of hydrogen-bond acceptors (Lipinski definition) is 3. The highest BCUT2D eigenvalue weighted by Gasteiger charge is 2.28. The fourth-order valence-corrected chi connectivity index (χ4v) is 3.11. The first-order valence-electron chi connectivity index (χ1n) is 8.25. The van der Waals surface area contributed by atoms with Crippen LogP contribution in [0.1, 0.15) is 30.4 Å². The van der Waals surface area contributed by atoms with Gasteiger partial charge in [-0.05, 0) is 30.2 Å². The zero-order valence-corrected chi connectivity index (χ0v) is 16.5. The lowest BCUT2D eigenvalue weighted by Crippen LogP contribution is -2.36. The molecule has 1 unspecified atom stereocenters. The van der Waals surface area contributed by atoms with Crippen LogP contribution in [0.15, 0.2) is 42.5 Å². The number of Topliss-reactive ketones (excluding diaryl/α,β-unsaturated/α-hetero) is 1. The van der Waals surface area contributed by atoms with Crippen molar-refractivity contribution in [2.75, 3.05) is 14.2 Å². The standard InChI is InChI=1S/C20H21Cl2NO3/c1-4-15(13-9-10-16(21)17(22)11-13)19(24)20(25)23(2)12-14-7-5-6-8-18(14)26-3/h5-11,15H,4,12H2,1-3H3. The lowest BCUT2D eigenvalue weighted by atomic mass is 9.91. The molecule has 1 amide bonds. The molecule has 2 aromatic carbocycles. The molecule has 138 valence electrons. The molecule has 4 nitrogen and oxygen atoms in total. The normalized spacial score (nSPS) is 11.7. The number of amides is 1. The summed E-state index contributed by atoms with van der Waals surface area (Å²) in [5.41, 5.74) is 1.52. The van der Waals surface area contributed by atoms with Crippen LogP contribution in [0, 0.1) is 0 Å². The number of ketones is 1. The summed E-state index contributed by atoms with van der Waals surface area (Å²) >= 11 is 12.0. The van der Waals surface area contributed by atoms with Crippen molar-refractivity contribution in [1.82, 2.24) is 4.90 Å². The fraction of sp³-hybridized carbons (Fsp3) is 0.300. The maximum Gasteiger partial charge on any atom is 0.290 e. The van der Waals surface area contributed by atoms with E-state index in [2.05, 4.69) is 0 Å². The summed E-state index contributed by atoms with van der Waals surface area (Å²) in [4.78, 5) is 26.8. The van der Waals surface area contributed by atoms with Gasteiger partial charge in [0.05, 0.1) is 23.1 Å². The Kier molecular flexibility index (Phi) is 7.06. The van der Waals surface area contributed by atoms with Crippen molar-refractivity contribution in [1.29, 1.82) is 0 Å². The van der Waals surface area contributed by atoms with Gasteiger partial charge in [-0.2, -0.15) is 0 Å². The van der Waals surface area contributed by atoms with Gasteiger partial charge in [0.1, 0.15) is 5.75 Å². The van der Waals surface area contributed by atoms with Gasteiger partial charge in [-0.25, -0.2) is 0 Å². The maximum absolute atomic E-state index is 12.8. The van der Waals surface area contributed by atoms with Crippen molar-refractivity contribution in [3.63, 3.8) is 0 Å². The summed E-state index contributed by atoms with van der Waals surface area (Å²) in [5.74, 6) is -0.898. The molecule has 0 fully saturated rings. The zero-order valence-electron chi connectivity index (χ0n) is 15.0. The number of para-hydroxylation sites is 1. The maximum atomic E-state index is 12.8. The Morgan fingerprint density at radius 3 is 2.42 bits per heavy atom. The molecule has 0 aliphatic heterocycles. The smallest absolute Gasteiger partial charge is 0.290 e. The number of hydrogen-bond donors (Lipinski definition) is 0. The van der Waals surface area contributed by atoms with E-state index >= 15 is 0 Å². The Balaban J connectivity index is 2.18. The number of carbonyl (C=O) groups is 2. The Bertz CT molecular complexity index is 807. The van der Waals surface area contributed by atoms with E-state index in [1.54, 1.807) is 32.4 Å². The van der Waals surface area contributed by atoms with Crippen LogP contribution in [0.3, 0.4) is 0 Å². The van der Waals surface area contributed by atoms with Gasteiger partial charge in [-0.15, -0.1) is 0 Å². The Hall–Kier alpha value is -2.04. The molecular weight excluding hydrogens is 373 g/mol. The van der Waals surface area contributed by atoms with Crippen LogP contribution in [0.25, 0.3) is 0 Å². The van der Waals surface area contributed by atoms with Crippen molar-refractivity contribution in [2.45, 2.75) is 25.8 Å². The summed E-state index contributed by atoms with van der Waals surface area (Å²) in [7, 11) is 3.18. The molecule has 1 atom stereocenters. The van der Waals surface area contributed by atoms with Crippen molar-refractivity contribution in [3.05, 3.63) is 63.6 Å². The second kappa shape index (κ2) is 9.06. The zero-order chi connectivity index (χ0) is 19.3. The van der Waals surface area contributed by atoms with Crippen molar-refractivity contribution < 1.29 is 14.3 Å². The van der Waals surface area contributed by atoms with Crippen LogP contribution >= 0.6 is 23.2 Å². The minimum atomic E-state index is -0.558. The molecule has 0 aliphatic rings. The van der Waals surface area contributed by atoms with Crippen LogP contribution in [0.5, 0.6) is 5.75 Å². The Labute approximate surface area is 163 Å². The third-order valence-electron chi connectivity index (χ3n) is 4.23. The minimum absolute atomic E-state index is 0.284. The topological polar surface area (TPSA) is 46.6 Å². The predicted molar refractivity (Wildman–Crippen MR) is 104 cm³/mol. The highest BCUT2D eigenvalue weighted by Crippen LogP contribution is 2.29. The van der Waals surface area contributed by atoms with Gasteiger partial charge < -0.3 is 9.64 Å². The Morgan fingerprint density at radius 2 is 1.81 bits per heavy atom. The van der Waals surface area contributed by atoms with E-state index in [0.29, 0.717) is 27.8 Å². The minimum Gasteiger partial charge on any atom is -0.496 e. The lowest BCUT2D eigenvalue weighted by Gasteiger charge is -2.21. The van der Waals surface area contributed by atoms with Crippen LogP contribution in [-0.4, -0.2) is 30.7 Å². The first kappa shape index (κ1) is 20.3. The second-order valence-electron chi connectivity index (χ2n) is 5.97. The summed E-state index contributed by atoms with van der Waals surface area (Å²) < 4.78 is 5.30. The first-order valence-corrected chi connectivity index (χ1v) is 9.00. The second-order valence-corrected chi connectivity index (χ2v) is 6.79. The number of ether oxygens (including phenoxy) is 1. The highest BCUT2D eigenvalue weighted by atomic mass is 35.5. The average molecular weight is 394 g/mol. The summed E-state index contributed by atoms with van der Waals surface area (Å²) in [5, 5.41) is 0.780. The van der Waals surface area contributed by atoms with Gasteiger partial charge in [0.15, 0.2) is 0 Å². The van der Waals surface area contributed by atoms with E-state index < -0.39 is 17.6 Å². The van der Waals surface area contributed by atoms with Crippen LogP contribution in [-0.2, 0) is 16.1 Å².